The minimum Gasteiger partial charge on any atom is -0.860 e. The summed E-state index contributed by atoms with van der Waals surface area (Å²) in [5.74, 6) is -9.41. The van der Waals surface area contributed by atoms with E-state index in [1.54, 1.807) is 4.40 Å². The Hall–Kier alpha value is -2.40. The monoisotopic (exact) mass is 426 g/mol. The van der Waals surface area contributed by atoms with Crippen LogP contribution in [-0.2, 0) is 19.9 Å². The van der Waals surface area contributed by atoms with Crippen LogP contribution < -0.4 is 5.11 Å². The van der Waals surface area contributed by atoms with Gasteiger partial charge in [-0.2, -0.15) is 44.4 Å². The summed E-state index contributed by atoms with van der Waals surface area (Å²) >= 11 is 0. The highest BCUT2D eigenvalue weighted by molar-refractivity contribution is 7.93. The minimum absolute atomic E-state index is 0.921. The van der Waals surface area contributed by atoms with E-state index in [0.29, 0.717) is 0 Å². The molecular weight excluding hydrogens is 422 g/mol. The number of hydrogen-bond acceptors (Lipinski definition) is 7. The number of aliphatic imine (C=N–C) groups is 1. The first-order valence-corrected chi connectivity index (χ1v) is 8.47. The van der Waals surface area contributed by atoms with Gasteiger partial charge in [0, 0.05) is 0 Å². The van der Waals surface area contributed by atoms with E-state index in [4.69, 9.17) is 11.8 Å². The maximum absolute atomic E-state index is 13.6. The summed E-state index contributed by atoms with van der Waals surface area (Å²) in [5, 5.41) is 4.99. The highest BCUT2D eigenvalue weighted by Crippen LogP contribution is 2.52. The van der Waals surface area contributed by atoms with Crippen LogP contribution in [0.4, 0.5) is 26.3 Å². The van der Waals surface area contributed by atoms with Crippen molar-refractivity contribution >= 4 is 32.5 Å². The Labute approximate surface area is 142 Å². The number of halogens is 6. The molecule has 0 heterocycles. The van der Waals surface area contributed by atoms with Crippen molar-refractivity contribution in [3.8, 4) is 6.07 Å². The molecule has 0 aromatic carbocycles. The van der Waals surface area contributed by atoms with Crippen molar-refractivity contribution in [2.75, 3.05) is 0 Å². The van der Waals surface area contributed by atoms with Crippen LogP contribution in [0.3, 0.4) is 0 Å². The van der Waals surface area contributed by atoms with Crippen LogP contribution in [0.2, 0.25) is 0 Å². The number of nitriles is 1. The molecule has 0 aromatic heterocycles. The minimum atomic E-state index is -7.21. The number of alkyl halides is 6. The Bertz CT molecular complexity index is 900. The number of rotatable bonds is 8. The van der Waals surface area contributed by atoms with Crippen LogP contribution in [0.5, 0.6) is 0 Å². The van der Waals surface area contributed by atoms with Crippen molar-refractivity contribution in [3.63, 3.8) is 0 Å². The van der Waals surface area contributed by atoms with Crippen molar-refractivity contribution in [1.29, 1.82) is 5.26 Å². The second kappa shape index (κ2) is 7.08. The third kappa shape index (κ3) is 3.44. The van der Waals surface area contributed by atoms with E-state index in [9.17, 15) is 48.3 Å². The molecular formula is C9H4F6N4O5S2-2. The third-order valence-corrected chi connectivity index (χ3v) is 5.48. The highest BCUT2D eigenvalue weighted by Gasteiger charge is 2.83. The maximum Gasteiger partial charge on any atom is 0.434 e. The predicted molar refractivity (Wildman–Crippen MR) is 69.2 cm³/mol. The van der Waals surface area contributed by atoms with Gasteiger partial charge in [-0.25, -0.2) is 15.0 Å². The number of sulfone groups is 1. The molecule has 0 aliphatic heterocycles. The average Bonchev–Trinajstić information content (AvgIpc) is 2.46. The van der Waals surface area contributed by atoms with Crippen molar-refractivity contribution in [2.24, 2.45) is 9.39 Å². The van der Waals surface area contributed by atoms with E-state index in [2.05, 4.69) is 6.72 Å². The zero-order chi connectivity index (χ0) is 21.2. The Kier molecular flexibility index (Phi) is 6.42. The van der Waals surface area contributed by atoms with E-state index in [1.165, 1.54) is 0 Å². The molecule has 0 saturated heterocycles. The van der Waals surface area contributed by atoms with Gasteiger partial charge in [-0.15, -0.1) is 0 Å². The van der Waals surface area contributed by atoms with Crippen molar-refractivity contribution in [3.05, 3.63) is 11.4 Å². The molecule has 146 valence electrons. The molecule has 1 unspecified atom stereocenters. The number of sulfonamides is 1. The molecule has 1 atom stereocenters. The van der Waals surface area contributed by atoms with Gasteiger partial charge in [0.05, 0.1) is 12.5 Å². The quantitative estimate of drug-likeness (QED) is 0.231. The van der Waals surface area contributed by atoms with Crippen LogP contribution in [-0.4, -0.2) is 51.4 Å². The molecule has 0 aliphatic carbocycles. The lowest BCUT2D eigenvalue weighted by Gasteiger charge is -2.30. The van der Waals surface area contributed by atoms with Crippen molar-refractivity contribution in [2.45, 2.75) is 28.4 Å². The maximum atomic E-state index is 13.6. The predicted octanol–water partition coefficient (Wildman–Crippen LogP) is 0.00487. The summed E-state index contributed by atoms with van der Waals surface area (Å²) in [6.45, 7) is 10.5. The van der Waals surface area contributed by atoms with Gasteiger partial charge in [0.2, 0.25) is 0 Å². The Morgan fingerprint density at radius 3 is 2.00 bits per heavy atom. The second-order valence-electron chi connectivity index (χ2n) is 4.05. The smallest absolute Gasteiger partial charge is 0.434 e. The van der Waals surface area contributed by atoms with Gasteiger partial charge in [0.15, 0.2) is 0 Å². The Balaban J connectivity index is 6.56. The number of hydrogen-bond donors (Lipinski definition) is 0. The van der Waals surface area contributed by atoms with Crippen molar-refractivity contribution in [1.82, 2.24) is 0 Å². The molecule has 0 amide bonds. The van der Waals surface area contributed by atoms with Gasteiger partial charge in [0.1, 0.15) is 0 Å². The molecule has 0 fully saturated rings. The van der Waals surface area contributed by atoms with E-state index in [-0.39, 0.29) is 0 Å². The zero-order valence-corrected chi connectivity index (χ0v) is 13.4. The fraction of sp³-hybridized carbons (Fsp3) is 0.556. The normalized spacial score (nSPS) is 15.6. The molecule has 0 N–H and O–H groups in total. The molecule has 0 bridgehead atoms. The van der Waals surface area contributed by atoms with Crippen LogP contribution in [0.15, 0.2) is 9.39 Å². The van der Waals surface area contributed by atoms with Gasteiger partial charge in [-0.3, -0.25) is 4.85 Å². The third-order valence-electron chi connectivity index (χ3n) is 2.38. The van der Waals surface area contributed by atoms with Gasteiger partial charge < -0.3 is 16.8 Å². The molecule has 17 heteroatoms. The van der Waals surface area contributed by atoms with Gasteiger partial charge in [-0.05, 0) is 5.90 Å². The standard InChI is InChI=1S/C9H5F6N4O5S2/c1-17-6(18-2)25(21,22)8(12,13)7(10,11)9(14,15)26(23,24)19-5(20)3-4-16/h1,6H,3H2,(H,19,20)/q-1/p-1. The summed E-state index contributed by atoms with van der Waals surface area (Å²) < 4.78 is 128. The number of nitrogens with zero attached hydrogens (tertiary/aromatic N) is 4. The Morgan fingerprint density at radius 2 is 1.65 bits per heavy atom. The summed E-state index contributed by atoms with van der Waals surface area (Å²) in [5.41, 5.74) is -3.46. The van der Waals surface area contributed by atoms with Crippen LogP contribution in [0.1, 0.15) is 6.42 Å². The van der Waals surface area contributed by atoms with E-state index in [1.807, 2.05) is 9.84 Å². The average molecular weight is 426 g/mol. The molecule has 0 aromatic rings. The van der Waals surface area contributed by atoms with Gasteiger partial charge >= 0.3 is 41.8 Å². The fourth-order valence-electron chi connectivity index (χ4n) is 1.12. The first-order valence-electron chi connectivity index (χ1n) is 5.48. The van der Waals surface area contributed by atoms with E-state index >= 15 is 0 Å². The first-order chi connectivity index (χ1) is 11.5. The van der Waals surface area contributed by atoms with Crippen LogP contribution in [0.25, 0.3) is 4.85 Å². The molecule has 0 spiro atoms. The topological polar surface area (TPSA) is 144 Å². The molecule has 0 rings (SSSR count). The first kappa shape index (κ1) is 23.6. The molecule has 0 radical (unpaired) electrons. The summed E-state index contributed by atoms with van der Waals surface area (Å²) in [6.07, 6.45) is -1.48. The summed E-state index contributed by atoms with van der Waals surface area (Å²) in [7, 11) is -14.0. The van der Waals surface area contributed by atoms with E-state index in [0.717, 1.165) is 6.07 Å². The lowest BCUT2D eigenvalue weighted by molar-refractivity contribution is -0.244. The van der Waals surface area contributed by atoms with E-state index < -0.39 is 54.1 Å². The van der Waals surface area contributed by atoms with Crippen molar-refractivity contribution < 1.29 is 48.3 Å². The molecule has 0 saturated carbocycles. The summed E-state index contributed by atoms with van der Waals surface area (Å²) in [6, 6.07) is 0.921. The lowest BCUT2D eigenvalue weighted by atomic mass is 10.3. The van der Waals surface area contributed by atoms with Gasteiger partial charge in [0.25, 0.3) is 0 Å². The van der Waals surface area contributed by atoms with Gasteiger partial charge in [-0.1, -0.05) is 0 Å². The largest absolute Gasteiger partial charge is 0.860 e. The Morgan fingerprint density at radius 1 is 1.19 bits per heavy atom. The molecule has 26 heavy (non-hydrogen) atoms. The molecule has 0 aliphatic rings. The SMILES string of the molecule is [C-]#[N+]C(N=[CH-])S(=O)(=O)C(F)(F)C(F)(F)C(F)(F)S(=O)(=O)N=C([O-])CC#N. The lowest BCUT2D eigenvalue weighted by Crippen LogP contribution is -2.61. The fourth-order valence-corrected chi connectivity index (χ4v) is 3.13. The molecule has 9 nitrogen and oxygen atoms in total. The second-order valence-corrected chi connectivity index (χ2v) is 7.72. The highest BCUT2D eigenvalue weighted by atomic mass is 32.2. The summed E-state index contributed by atoms with van der Waals surface area (Å²) in [4.78, 5) is 3.84. The van der Waals surface area contributed by atoms with Crippen LogP contribution >= 0.6 is 0 Å². The zero-order valence-electron chi connectivity index (χ0n) is 11.8. The van der Waals surface area contributed by atoms with Crippen LogP contribution in [0, 0.1) is 17.9 Å².